The van der Waals surface area contributed by atoms with Crippen molar-refractivity contribution in [3.05, 3.63) is 54.1 Å². The van der Waals surface area contributed by atoms with Crippen LogP contribution in [0, 0.1) is 0 Å². The van der Waals surface area contributed by atoms with Crippen LogP contribution in [-0.2, 0) is 19.1 Å². The third-order valence-electron chi connectivity index (χ3n) is 4.23. The minimum atomic E-state index is -0.614. The molecule has 29 heavy (non-hydrogen) atoms. The van der Waals surface area contributed by atoms with Crippen molar-refractivity contribution < 1.29 is 23.9 Å². The largest absolute Gasteiger partial charge is 0.457 e. The van der Waals surface area contributed by atoms with E-state index in [1.54, 1.807) is 37.3 Å². The molecule has 1 aliphatic rings. The number of rotatable bonds is 7. The van der Waals surface area contributed by atoms with Gasteiger partial charge in [0.1, 0.15) is 0 Å². The van der Waals surface area contributed by atoms with Crippen molar-refractivity contribution in [3.8, 4) is 0 Å². The number of para-hydroxylation sites is 1. The van der Waals surface area contributed by atoms with Gasteiger partial charge in [-0.05, 0) is 36.4 Å². The molecular formula is C21H20N2O5S. The number of anilines is 2. The number of thioether (sulfide) groups is 1. The lowest BCUT2D eigenvalue weighted by Crippen LogP contribution is -2.31. The van der Waals surface area contributed by atoms with Gasteiger partial charge in [0.25, 0.3) is 0 Å². The SMILES string of the molecule is CCC(=O)Nc1ccc(C(=O)COC(=O)C[C@@H]2Sc3ccccc3NC2=O)cc1. The standard InChI is InChI=1S/C21H20N2O5S/c1-2-19(25)22-14-9-7-13(8-10-14)16(24)12-28-20(26)11-18-21(27)23-15-5-3-4-6-17(15)29-18/h3-10,18H,2,11-12H2,1H3,(H,22,25)(H,23,27)/t18-/m0/s1. The minimum Gasteiger partial charge on any atom is -0.457 e. The summed E-state index contributed by atoms with van der Waals surface area (Å²) in [6, 6.07) is 13.7. The quantitative estimate of drug-likeness (QED) is 0.535. The maximum atomic E-state index is 12.2. The van der Waals surface area contributed by atoms with E-state index in [0.717, 1.165) is 10.6 Å². The summed E-state index contributed by atoms with van der Waals surface area (Å²) in [6.45, 7) is 1.34. The van der Waals surface area contributed by atoms with Crippen molar-refractivity contribution >= 4 is 46.7 Å². The fourth-order valence-electron chi connectivity index (χ4n) is 2.66. The molecule has 2 aromatic carbocycles. The number of Topliss-reactive ketones (excluding diaryl/α,β-unsaturated/α-hetero) is 1. The van der Waals surface area contributed by atoms with Gasteiger partial charge in [0, 0.05) is 22.6 Å². The van der Waals surface area contributed by atoms with Gasteiger partial charge in [0.15, 0.2) is 12.4 Å². The molecule has 2 N–H and O–H groups in total. The Labute approximate surface area is 172 Å². The first-order chi connectivity index (χ1) is 14.0. The lowest BCUT2D eigenvalue weighted by molar-refractivity contribution is -0.143. The molecule has 7 nitrogen and oxygen atoms in total. The summed E-state index contributed by atoms with van der Waals surface area (Å²) in [4.78, 5) is 48.7. The first kappa shape index (κ1) is 20.6. The maximum absolute atomic E-state index is 12.2. The minimum absolute atomic E-state index is 0.120. The van der Waals surface area contributed by atoms with Crippen LogP contribution in [0.5, 0.6) is 0 Å². The van der Waals surface area contributed by atoms with E-state index < -0.39 is 17.8 Å². The van der Waals surface area contributed by atoms with Crippen molar-refractivity contribution in [1.82, 2.24) is 0 Å². The van der Waals surface area contributed by atoms with E-state index in [4.69, 9.17) is 4.74 Å². The molecule has 3 rings (SSSR count). The van der Waals surface area contributed by atoms with Crippen molar-refractivity contribution in [2.24, 2.45) is 0 Å². The van der Waals surface area contributed by atoms with E-state index in [1.165, 1.54) is 11.8 Å². The summed E-state index contributed by atoms with van der Waals surface area (Å²) >= 11 is 1.30. The molecule has 2 aromatic rings. The number of ether oxygens (including phenoxy) is 1. The molecule has 8 heteroatoms. The predicted molar refractivity (Wildman–Crippen MR) is 110 cm³/mol. The Morgan fingerprint density at radius 1 is 1.10 bits per heavy atom. The van der Waals surface area contributed by atoms with Crippen LogP contribution in [0.3, 0.4) is 0 Å². The van der Waals surface area contributed by atoms with Crippen molar-refractivity contribution in [3.63, 3.8) is 0 Å². The highest BCUT2D eigenvalue weighted by Gasteiger charge is 2.29. The average Bonchev–Trinajstić information content (AvgIpc) is 2.73. The fraction of sp³-hybridized carbons (Fsp3) is 0.238. The van der Waals surface area contributed by atoms with Gasteiger partial charge in [0.05, 0.1) is 17.4 Å². The molecule has 0 unspecified atom stereocenters. The Morgan fingerprint density at radius 3 is 2.55 bits per heavy atom. The van der Waals surface area contributed by atoms with Crippen molar-refractivity contribution in [1.29, 1.82) is 0 Å². The highest BCUT2D eigenvalue weighted by molar-refractivity contribution is 8.01. The average molecular weight is 412 g/mol. The smallest absolute Gasteiger partial charge is 0.307 e. The molecule has 1 atom stereocenters. The van der Waals surface area contributed by atoms with E-state index >= 15 is 0 Å². The Bertz CT molecular complexity index is 942. The topological polar surface area (TPSA) is 102 Å². The molecular weight excluding hydrogens is 392 g/mol. The van der Waals surface area contributed by atoms with E-state index in [1.807, 2.05) is 18.2 Å². The van der Waals surface area contributed by atoms with Gasteiger partial charge in [-0.1, -0.05) is 19.1 Å². The zero-order valence-corrected chi connectivity index (χ0v) is 16.6. The first-order valence-corrected chi connectivity index (χ1v) is 9.99. The number of hydrogen-bond donors (Lipinski definition) is 2. The molecule has 0 saturated carbocycles. The fourth-order valence-corrected chi connectivity index (χ4v) is 3.75. The molecule has 0 aliphatic carbocycles. The van der Waals surface area contributed by atoms with Crippen molar-refractivity contribution in [2.45, 2.75) is 29.9 Å². The van der Waals surface area contributed by atoms with Gasteiger partial charge >= 0.3 is 5.97 Å². The van der Waals surface area contributed by atoms with Crippen LogP contribution in [0.4, 0.5) is 11.4 Å². The highest BCUT2D eigenvalue weighted by Crippen LogP contribution is 2.36. The second-order valence-corrected chi connectivity index (χ2v) is 7.60. The lowest BCUT2D eigenvalue weighted by atomic mass is 10.1. The van der Waals surface area contributed by atoms with Crippen LogP contribution >= 0.6 is 11.8 Å². The number of nitrogens with one attached hydrogen (secondary N) is 2. The summed E-state index contributed by atoms with van der Waals surface area (Å²) in [5, 5.41) is 4.85. The van der Waals surface area contributed by atoms with Crippen LogP contribution in [0.25, 0.3) is 0 Å². The summed E-state index contributed by atoms with van der Waals surface area (Å²) < 4.78 is 5.06. The number of fused-ring (bicyclic) bond motifs is 1. The van der Waals surface area contributed by atoms with Crippen LogP contribution in [-0.4, -0.2) is 35.4 Å². The van der Waals surface area contributed by atoms with Gasteiger partial charge in [-0.3, -0.25) is 19.2 Å². The highest BCUT2D eigenvalue weighted by atomic mass is 32.2. The monoisotopic (exact) mass is 412 g/mol. The summed E-state index contributed by atoms with van der Waals surface area (Å²) in [7, 11) is 0. The van der Waals surface area contributed by atoms with Gasteiger partial charge in [-0.15, -0.1) is 11.8 Å². The molecule has 0 radical (unpaired) electrons. The van der Waals surface area contributed by atoms with E-state index in [2.05, 4.69) is 10.6 Å². The Hall–Kier alpha value is -3.13. The summed E-state index contributed by atoms with van der Waals surface area (Å²) in [5.41, 5.74) is 1.68. The van der Waals surface area contributed by atoms with Gasteiger partial charge in [0.2, 0.25) is 11.8 Å². The number of hydrogen-bond acceptors (Lipinski definition) is 6. The number of ketones is 1. The lowest BCUT2D eigenvalue weighted by Gasteiger charge is -2.23. The summed E-state index contributed by atoms with van der Waals surface area (Å²) in [5.74, 6) is -1.36. The third-order valence-corrected chi connectivity index (χ3v) is 5.51. The molecule has 0 fully saturated rings. The molecule has 2 amide bonds. The molecule has 0 saturated heterocycles. The third kappa shape index (κ3) is 5.45. The maximum Gasteiger partial charge on any atom is 0.307 e. The van der Waals surface area contributed by atoms with Crippen LogP contribution in [0.2, 0.25) is 0 Å². The predicted octanol–water partition coefficient (Wildman–Crippen LogP) is 3.26. The second kappa shape index (κ2) is 9.38. The van der Waals surface area contributed by atoms with Gasteiger partial charge in [-0.2, -0.15) is 0 Å². The van der Waals surface area contributed by atoms with Crippen LogP contribution in [0.1, 0.15) is 30.1 Å². The number of carbonyl (C=O) groups is 4. The van der Waals surface area contributed by atoms with Crippen LogP contribution in [0.15, 0.2) is 53.4 Å². The van der Waals surface area contributed by atoms with Crippen LogP contribution < -0.4 is 10.6 Å². The van der Waals surface area contributed by atoms with E-state index in [0.29, 0.717) is 17.7 Å². The molecule has 1 heterocycles. The van der Waals surface area contributed by atoms with E-state index in [9.17, 15) is 19.2 Å². The first-order valence-electron chi connectivity index (χ1n) is 9.11. The Balaban J connectivity index is 1.50. The number of esters is 1. The van der Waals surface area contributed by atoms with E-state index in [-0.39, 0.29) is 24.0 Å². The molecule has 0 aromatic heterocycles. The summed E-state index contributed by atoms with van der Waals surface area (Å²) in [6.07, 6.45) is 0.236. The zero-order chi connectivity index (χ0) is 20.8. The zero-order valence-electron chi connectivity index (χ0n) is 15.8. The number of benzene rings is 2. The Kier molecular flexibility index (Phi) is 6.66. The molecule has 150 valence electrons. The number of carbonyl (C=O) groups excluding carboxylic acids is 4. The Morgan fingerprint density at radius 2 is 1.83 bits per heavy atom. The normalized spacial score (nSPS) is 15.1. The molecule has 0 spiro atoms. The molecule has 0 bridgehead atoms. The second-order valence-electron chi connectivity index (χ2n) is 6.36. The van der Waals surface area contributed by atoms with Gasteiger partial charge in [-0.25, -0.2) is 0 Å². The van der Waals surface area contributed by atoms with Crippen molar-refractivity contribution in [2.75, 3.05) is 17.2 Å². The number of amides is 2. The van der Waals surface area contributed by atoms with Gasteiger partial charge < -0.3 is 15.4 Å². The molecule has 1 aliphatic heterocycles.